The van der Waals surface area contributed by atoms with Gasteiger partial charge in [-0.1, -0.05) is 61.7 Å². The molecule has 0 bridgehead atoms. The zero-order chi connectivity index (χ0) is 15.4. The molecule has 116 valence electrons. The molecule has 3 nitrogen and oxygen atoms in total. The van der Waals surface area contributed by atoms with Gasteiger partial charge in [0.1, 0.15) is 0 Å². The smallest absolute Gasteiger partial charge is 0.240 e. The van der Waals surface area contributed by atoms with E-state index in [1.54, 1.807) is 0 Å². The van der Waals surface area contributed by atoms with Crippen LogP contribution in [-0.2, 0) is 11.2 Å². The first-order chi connectivity index (χ1) is 10.7. The van der Waals surface area contributed by atoms with E-state index in [1.165, 1.54) is 22.8 Å². The summed E-state index contributed by atoms with van der Waals surface area (Å²) in [5.74, 6) is 0.0213. The van der Waals surface area contributed by atoms with Crippen LogP contribution in [-0.4, -0.2) is 18.0 Å². The number of amides is 1. The highest BCUT2D eigenvalue weighted by atomic mass is 16.2. The third-order valence-electron chi connectivity index (χ3n) is 4.71. The molecule has 22 heavy (non-hydrogen) atoms. The van der Waals surface area contributed by atoms with Crippen molar-refractivity contribution in [3.8, 4) is 0 Å². The maximum atomic E-state index is 12.3. The first-order valence-corrected chi connectivity index (χ1v) is 8.22. The summed E-state index contributed by atoms with van der Waals surface area (Å²) < 4.78 is 0. The first-order valence-electron chi connectivity index (χ1n) is 8.22. The average molecular weight is 296 g/mol. The molecule has 0 atom stereocenters. The number of hydrogen-bond donors (Lipinski definition) is 2. The summed E-state index contributed by atoms with van der Waals surface area (Å²) in [5, 5.41) is 5.52. The molecule has 1 aliphatic carbocycles. The van der Waals surface area contributed by atoms with Crippen molar-refractivity contribution in [3.05, 3.63) is 48.0 Å². The fraction of sp³-hybridized carbons (Fsp3) is 0.421. The minimum absolute atomic E-state index is 0.0213. The van der Waals surface area contributed by atoms with Crippen molar-refractivity contribution < 1.29 is 4.79 Å². The largest absolute Gasteiger partial charge is 0.354 e. The van der Waals surface area contributed by atoms with Gasteiger partial charge in [0.15, 0.2) is 0 Å². The van der Waals surface area contributed by atoms with Gasteiger partial charge in [0.05, 0.1) is 5.54 Å². The Labute approximate surface area is 131 Å². The summed E-state index contributed by atoms with van der Waals surface area (Å²) in [4.78, 5) is 12.3. The summed E-state index contributed by atoms with van der Waals surface area (Å²) in [6.45, 7) is 0.649. The van der Waals surface area contributed by atoms with E-state index >= 15 is 0 Å². The number of rotatable bonds is 4. The van der Waals surface area contributed by atoms with Gasteiger partial charge >= 0.3 is 0 Å². The van der Waals surface area contributed by atoms with Gasteiger partial charge in [-0.3, -0.25) is 4.79 Å². The molecule has 0 aliphatic heterocycles. The Hall–Kier alpha value is -1.87. The normalized spacial score (nSPS) is 17.3. The van der Waals surface area contributed by atoms with E-state index in [1.807, 2.05) is 6.07 Å². The van der Waals surface area contributed by atoms with Crippen LogP contribution < -0.4 is 11.1 Å². The van der Waals surface area contributed by atoms with E-state index in [9.17, 15) is 4.79 Å². The second-order valence-electron chi connectivity index (χ2n) is 6.40. The maximum Gasteiger partial charge on any atom is 0.240 e. The molecule has 1 amide bonds. The molecule has 0 radical (unpaired) electrons. The molecule has 3 rings (SSSR count). The van der Waals surface area contributed by atoms with Gasteiger partial charge in [-0.2, -0.15) is 0 Å². The van der Waals surface area contributed by atoms with Crippen molar-refractivity contribution in [2.45, 2.75) is 44.1 Å². The third kappa shape index (κ3) is 3.30. The number of hydrogen-bond acceptors (Lipinski definition) is 2. The average Bonchev–Trinajstić information content (AvgIpc) is 2.55. The monoisotopic (exact) mass is 296 g/mol. The summed E-state index contributed by atoms with van der Waals surface area (Å²) in [5.41, 5.74) is 6.85. The van der Waals surface area contributed by atoms with Crippen LogP contribution in [0, 0.1) is 0 Å². The van der Waals surface area contributed by atoms with Crippen LogP contribution in [0.2, 0.25) is 0 Å². The molecule has 0 spiro atoms. The fourth-order valence-corrected chi connectivity index (χ4v) is 3.30. The van der Waals surface area contributed by atoms with Gasteiger partial charge in [0.2, 0.25) is 5.91 Å². The molecule has 0 unspecified atom stereocenters. The van der Waals surface area contributed by atoms with Crippen LogP contribution >= 0.6 is 0 Å². The number of nitrogens with two attached hydrogens (primary N) is 1. The molecule has 1 fully saturated rings. The highest BCUT2D eigenvalue weighted by molar-refractivity contribution is 5.86. The van der Waals surface area contributed by atoms with Gasteiger partial charge in [-0.15, -0.1) is 0 Å². The van der Waals surface area contributed by atoms with Gasteiger partial charge in [-0.25, -0.2) is 0 Å². The summed E-state index contributed by atoms with van der Waals surface area (Å²) >= 11 is 0. The van der Waals surface area contributed by atoms with E-state index in [2.05, 4.69) is 41.7 Å². The van der Waals surface area contributed by atoms with Crippen LogP contribution in [0.5, 0.6) is 0 Å². The summed E-state index contributed by atoms with van der Waals surface area (Å²) in [6.07, 6.45) is 5.79. The predicted octanol–water partition coefficient (Wildman–Crippen LogP) is 3.16. The van der Waals surface area contributed by atoms with E-state index in [-0.39, 0.29) is 5.91 Å². The van der Waals surface area contributed by atoms with Crippen molar-refractivity contribution in [1.29, 1.82) is 0 Å². The van der Waals surface area contributed by atoms with Crippen LogP contribution in [0.25, 0.3) is 10.8 Å². The molecule has 1 aliphatic rings. The van der Waals surface area contributed by atoms with E-state index in [0.29, 0.717) is 6.54 Å². The second-order valence-corrected chi connectivity index (χ2v) is 6.40. The van der Waals surface area contributed by atoms with Gasteiger partial charge in [-0.05, 0) is 35.6 Å². The van der Waals surface area contributed by atoms with Crippen LogP contribution in [0.15, 0.2) is 42.5 Å². The number of carbonyl (C=O) groups is 1. The van der Waals surface area contributed by atoms with Gasteiger partial charge in [0.25, 0.3) is 0 Å². The molecular weight excluding hydrogens is 272 g/mol. The Morgan fingerprint density at radius 3 is 2.55 bits per heavy atom. The lowest BCUT2D eigenvalue weighted by atomic mass is 9.82. The number of fused-ring (bicyclic) bond motifs is 1. The number of benzene rings is 2. The zero-order valence-corrected chi connectivity index (χ0v) is 13.0. The van der Waals surface area contributed by atoms with Crippen LogP contribution in [0.4, 0.5) is 0 Å². The van der Waals surface area contributed by atoms with E-state index in [0.717, 1.165) is 32.1 Å². The van der Waals surface area contributed by atoms with Crippen LogP contribution in [0.1, 0.15) is 37.7 Å². The van der Waals surface area contributed by atoms with E-state index < -0.39 is 5.54 Å². The topological polar surface area (TPSA) is 55.1 Å². The summed E-state index contributed by atoms with van der Waals surface area (Å²) in [6, 6.07) is 14.8. The maximum absolute atomic E-state index is 12.3. The van der Waals surface area contributed by atoms with E-state index in [4.69, 9.17) is 5.73 Å². The predicted molar refractivity (Wildman–Crippen MR) is 90.7 cm³/mol. The van der Waals surface area contributed by atoms with Crippen molar-refractivity contribution in [1.82, 2.24) is 5.32 Å². The highest BCUT2D eigenvalue weighted by Crippen LogP contribution is 2.25. The highest BCUT2D eigenvalue weighted by Gasteiger charge is 2.34. The molecular formula is C19H24N2O. The molecule has 2 aromatic carbocycles. The van der Waals surface area contributed by atoms with Crippen molar-refractivity contribution in [3.63, 3.8) is 0 Å². The Morgan fingerprint density at radius 2 is 1.77 bits per heavy atom. The lowest BCUT2D eigenvalue weighted by molar-refractivity contribution is -0.127. The van der Waals surface area contributed by atoms with Crippen molar-refractivity contribution in [2.75, 3.05) is 6.54 Å². The standard InChI is InChI=1S/C19H24N2O/c20-19(11-4-1-5-12-19)18(22)21-13-10-15-8-9-16-6-2-3-7-17(16)14-15/h2-3,6-9,14H,1,4-5,10-13,20H2,(H,21,22). The van der Waals surface area contributed by atoms with Gasteiger partial charge in [0, 0.05) is 6.54 Å². The first kappa shape index (κ1) is 15.0. The summed E-state index contributed by atoms with van der Waals surface area (Å²) in [7, 11) is 0. The SMILES string of the molecule is NC1(C(=O)NCCc2ccc3ccccc3c2)CCCCC1. The Kier molecular flexibility index (Phi) is 4.44. The third-order valence-corrected chi connectivity index (χ3v) is 4.71. The van der Waals surface area contributed by atoms with Crippen LogP contribution in [0.3, 0.4) is 0 Å². The Morgan fingerprint density at radius 1 is 1.05 bits per heavy atom. The molecule has 0 heterocycles. The number of nitrogens with one attached hydrogen (secondary N) is 1. The Balaban J connectivity index is 1.56. The van der Waals surface area contributed by atoms with Crippen molar-refractivity contribution in [2.24, 2.45) is 5.73 Å². The zero-order valence-electron chi connectivity index (χ0n) is 13.0. The minimum atomic E-state index is -0.637. The molecule has 2 aromatic rings. The second kappa shape index (κ2) is 6.49. The van der Waals surface area contributed by atoms with Crippen molar-refractivity contribution >= 4 is 16.7 Å². The molecule has 0 saturated heterocycles. The molecule has 3 heteroatoms. The Bertz CT molecular complexity index is 659. The molecule has 0 aromatic heterocycles. The lowest BCUT2D eigenvalue weighted by Gasteiger charge is -2.31. The lowest BCUT2D eigenvalue weighted by Crippen LogP contribution is -2.55. The quantitative estimate of drug-likeness (QED) is 0.910. The fourth-order valence-electron chi connectivity index (χ4n) is 3.30. The minimum Gasteiger partial charge on any atom is -0.354 e. The molecule has 1 saturated carbocycles. The molecule has 3 N–H and O–H groups in total. The van der Waals surface area contributed by atoms with Gasteiger partial charge < -0.3 is 11.1 Å². The number of carbonyl (C=O) groups excluding carboxylic acids is 1.